The first-order valence-electron chi connectivity index (χ1n) is 6.85. The Morgan fingerprint density at radius 2 is 1.73 bits per heavy atom. The highest BCUT2D eigenvalue weighted by Gasteiger charge is 2.10. The van der Waals surface area contributed by atoms with Crippen LogP contribution in [0.1, 0.15) is 11.1 Å². The van der Waals surface area contributed by atoms with Gasteiger partial charge in [0.2, 0.25) is 0 Å². The van der Waals surface area contributed by atoms with Crippen LogP contribution < -0.4 is 5.32 Å². The van der Waals surface area contributed by atoms with E-state index in [-0.39, 0.29) is 0 Å². The van der Waals surface area contributed by atoms with Gasteiger partial charge in [0.15, 0.2) is 0 Å². The summed E-state index contributed by atoms with van der Waals surface area (Å²) >= 11 is 3.46. The predicted octanol–water partition coefficient (Wildman–Crippen LogP) is 5.00. The summed E-state index contributed by atoms with van der Waals surface area (Å²) in [4.78, 5) is 4.01. The number of pyridine rings is 1. The molecule has 2 N–H and O–H groups in total. The first kappa shape index (κ1) is 14.5. The van der Waals surface area contributed by atoms with Crippen molar-refractivity contribution in [3.63, 3.8) is 0 Å². The molecule has 3 nitrogen and oxygen atoms in total. The maximum atomic E-state index is 8.50. The molecule has 1 heterocycles. The minimum Gasteiger partial charge on any atom is -0.355 e. The van der Waals surface area contributed by atoms with E-state index in [2.05, 4.69) is 26.2 Å². The van der Waals surface area contributed by atoms with Crippen molar-refractivity contribution in [1.82, 2.24) is 4.98 Å². The smallest absolute Gasteiger partial charge is 0.0705 e. The van der Waals surface area contributed by atoms with Crippen LogP contribution in [0.2, 0.25) is 0 Å². The second kappa shape index (κ2) is 6.54. The normalized spacial score (nSPS) is 10.2. The summed E-state index contributed by atoms with van der Waals surface area (Å²) in [5.74, 6) is 0. The lowest BCUT2D eigenvalue weighted by Gasteiger charge is -2.13. The molecule has 0 aliphatic heterocycles. The van der Waals surface area contributed by atoms with Crippen LogP contribution in [0, 0.1) is 5.41 Å². The van der Waals surface area contributed by atoms with Crippen LogP contribution in [0.3, 0.4) is 0 Å². The van der Waals surface area contributed by atoms with Crippen molar-refractivity contribution in [2.24, 2.45) is 0 Å². The van der Waals surface area contributed by atoms with Gasteiger partial charge in [-0.15, -0.1) is 0 Å². The number of para-hydroxylation sites is 1. The highest BCUT2D eigenvalue weighted by Crippen LogP contribution is 2.24. The highest BCUT2D eigenvalue weighted by molar-refractivity contribution is 9.10. The third kappa shape index (κ3) is 3.23. The van der Waals surface area contributed by atoms with Crippen LogP contribution in [0.15, 0.2) is 77.5 Å². The average molecular weight is 352 g/mol. The lowest BCUT2D eigenvalue weighted by atomic mass is 10.0. The molecule has 0 aliphatic rings. The largest absolute Gasteiger partial charge is 0.355 e. The summed E-state index contributed by atoms with van der Waals surface area (Å²) in [6.07, 6.45) is 3.48. The number of hydrogen-bond acceptors (Lipinski definition) is 3. The Balaban J connectivity index is 1.96. The Morgan fingerprint density at radius 3 is 2.50 bits per heavy atom. The van der Waals surface area contributed by atoms with E-state index < -0.39 is 0 Å². The molecule has 0 amide bonds. The molecule has 0 radical (unpaired) electrons. The van der Waals surface area contributed by atoms with Gasteiger partial charge in [-0.25, -0.2) is 0 Å². The van der Waals surface area contributed by atoms with E-state index in [0.29, 0.717) is 5.71 Å². The fraction of sp³-hybridized carbons (Fsp3) is 0. The van der Waals surface area contributed by atoms with Crippen LogP contribution in [0.4, 0.5) is 11.4 Å². The van der Waals surface area contributed by atoms with Crippen molar-refractivity contribution in [3.05, 3.63) is 88.7 Å². The van der Waals surface area contributed by atoms with Crippen LogP contribution in [0.5, 0.6) is 0 Å². The molecule has 0 saturated carbocycles. The molecular weight excluding hydrogens is 338 g/mol. The van der Waals surface area contributed by atoms with Crippen molar-refractivity contribution in [2.45, 2.75) is 0 Å². The fourth-order valence-electron chi connectivity index (χ4n) is 2.20. The van der Waals surface area contributed by atoms with Crippen molar-refractivity contribution in [3.8, 4) is 0 Å². The van der Waals surface area contributed by atoms with E-state index in [4.69, 9.17) is 5.41 Å². The molecule has 108 valence electrons. The lowest BCUT2D eigenvalue weighted by molar-refractivity contribution is 1.32. The molecule has 3 rings (SSSR count). The number of nitrogens with zero attached hydrogens (tertiary/aromatic N) is 1. The van der Waals surface area contributed by atoms with E-state index in [1.54, 1.807) is 12.4 Å². The maximum absolute atomic E-state index is 8.50. The number of halogens is 1. The third-order valence-corrected chi connectivity index (χ3v) is 3.76. The zero-order chi connectivity index (χ0) is 15.4. The second-order valence-corrected chi connectivity index (χ2v) is 5.71. The van der Waals surface area contributed by atoms with E-state index in [9.17, 15) is 0 Å². The first-order chi connectivity index (χ1) is 10.7. The first-order valence-corrected chi connectivity index (χ1v) is 7.64. The van der Waals surface area contributed by atoms with Gasteiger partial charge in [-0.05, 0) is 30.3 Å². The number of anilines is 2. The van der Waals surface area contributed by atoms with Crippen molar-refractivity contribution in [1.29, 1.82) is 5.41 Å². The molecule has 4 heteroatoms. The molecular formula is C18H14BrN3. The second-order valence-electron chi connectivity index (χ2n) is 4.79. The number of aromatic nitrogens is 1. The van der Waals surface area contributed by atoms with Crippen LogP contribution in [-0.2, 0) is 0 Å². The van der Waals surface area contributed by atoms with Crippen molar-refractivity contribution >= 4 is 33.0 Å². The molecule has 22 heavy (non-hydrogen) atoms. The quantitative estimate of drug-likeness (QED) is 0.649. The Hall–Kier alpha value is -2.46. The zero-order valence-corrected chi connectivity index (χ0v) is 13.3. The molecule has 0 spiro atoms. The molecule has 0 saturated heterocycles. The topological polar surface area (TPSA) is 48.8 Å². The van der Waals surface area contributed by atoms with Gasteiger partial charge in [-0.1, -0.05) is 46.3 Å². The molecule has 0 fully saturated rings. The Bertz CT molecular complexity index is 800. The van der Waals surface area contributed by atoms with Gasteiger partial charge in [-0.3, -0.25) is 10.4 Å². The van der Waals surface area contributed by atoms with Gasteiger partial charge in [0.25, 0.3) is 0 Å². The van der Waals surface area contributed by atoms with E-state index in [1.807, 2.05) is 60.7 Å². The Morgan fingerprint density at radius 1 is 0.955 bits per heavy atom. The molecule has 0 bridgehead atoms. The lowest BCUT2D eigenvalue weighted by Crippen LogP contribution is -2.05. The Labute approximate surface area is 137 Å². The van der Waals surface area contributed by atoms with Crippen LogP contribution in [-0.4, -0.2) is 10.7 Å². The van der Waals surface area contributed by atoms with Gasteiger partial charge < -0.3 is 5.32 Å². The van der Waals surface area contributed by atoms with Gasteiger partial charge in [0.05, 0.1) is 5.71 Å². The predicted molar refractivity (Wildman–Crippen MR) is 94.0 cm³/mol. The summed E-state index contributed by atoms with van der Waals surface area (Å²) in [7, 11) is 0. The van der Waals surface area contributed by atoms with E-state index in [0.717, 1.165) is 27.0 Å². The molecule has 0 aliphatic carbocycles. The summed E-state index contributed by atoms with van der Waals surface area (Å²) in [6.45, 7) is 0. The van der Waals surface area contributed by atoms with Gasteiger partial charge in [0, 0.05) is 39.4 Å². The number of hydrogen-bond donors (Lipinski definition) is 2. The zero-order valence-electron chi connectivity index (χ0n) is 11.8. The number of rotatable bonds is 4. The van der Waals surface area contributed by atoms with Crippen LogP contribution >= 0.6 is 15.9 Å². The standard InChI is InChI=1S/C18H14BrN3/c19-14-5-3-4-13(12-14)18(20)16-6-1-2-7-17(16)22-15-8-10-21-11-9-15/h1-12,20H,(H,21,22). The summed E-state index contributed by atoms with van der Waals surface area (Å²) in [5.41, 5.74) is 4.07. The SMILES string of the molecule is N=C(c1cccc(Br)c1)c1ccccc1Nc1ccncc1. The van der Waals surface area contributed by atoms with Gasteiger partial charge >= 0.3 is 0 Å². The monoisotopic (exact) mass is 351 g/mol. The average Bonchev–Trinajstić information content (AvgIpc) is 2.56. The number of benzene rings is 2. The molecule has 3 aromatic rings. The van der Waals surface area contributed by atoms with Crippen LogP contribution in [0.25, 0.3) is 0 Å². The Kier molecular flexibility index (Phi) is 4.30. The van der Waals surface area contributed by atoms with Crippen molar-refractivity contribution < 1.29 is 0 Å². The van der Waals surface area contributed by atoms with Gasteiger partial charge in [-0.2, -0.15) is 0 Å². The minimum atomic E-state index is 0.485. The highest BCUT2D eigenvalue weighted by atomic mass is 79.9. The molecule has 0 unspecified atom stereocenters. The number of nitrogens with one attached hydrogen (secondary N) is 2. The van der Waals surface area contributed by atoms with Gasteiger partial charge in [0.1, 0.15) is 0 Å². The molecule has 1 aromatic heterocycles. The molecule has 2 aromatic carbocycles. The maximum Gasteiger partial charge on any atom is 0.0705 e. The van der Waals surface area contributed by atoms with Crippen molar-refractivity contribution in [2.75, 3.05) is 5.32 Å². The minimum absolute atomic E-state index is 0.485. The fourth-order valence-corrected chi connectivity index (χ4v) is 2.60. The third-order valence-electron chi connectivity index (χ3n) is 3.27. The summed E-state index contributed by atoms with van der Waals surface area (Å²) < 4.78 is 0.967. The molecule has 0 atom stereocenters. The van der Waals surface area contributed by atoms with E-state index >= 15 is 0 Å². The summed E-state index contributed by atoms with van der Waals surface area (Å²) in [5, 5.41) is 11.8. The van der Waals surface area contributed by atoms with E-state index in [1.165, 1.54) is 0 Å². The summed E-state index contributed by atoms with van der Waals surface area (Å²) in [6, 6.07) is 19.4.